The second kappa shape index (κ2) is 17.4. The van der Waals surface area contributed by atoms with E-state index in [1.807, 2.05) is 66.7 Å². The fourth-order valence-electron chi connectivity index (χ4n) is 8.16. The largest absolute Gasteiger partial charge is 0.506 e. The Morgan fingerprint density at radius 2 is 1.67 bits per heavy atom. The van der Waals surface area contributed by atoms with Crippen LogP contribution < -0.4 is 20.9 Å². The van der Waals surface area contributed by atoms with E-state index in [1.54, 1.807) is 12.1 Å². The lowest BCUT2D eigenvalue weighted by atomic mass is 9.63. The van der Waals surface area contributed by atoms with E-state index in [9.17, 15) is 24.9 Å². The number of aliphatic hydroxyl groups is 1. The summed E-state index contributed by atoms with van der Waals surface area (Å²) in [6, 6.07) is 32.2. The highest BCUT2D eigenvalue weighted by Crippen LogP contribution is 2.47. The van der Waals surface area contributed by atoms with Crippen LogP contribution in [-0.4, -0.2) is 75.6 Å². The molecule has 3 saturated heterocycles. The molecule has 1 amide bonds. The second-order valence-electron chi connectivity index (χ2n) is 13.8. The number of phenols is 1. The molecule has 5 aromatic rings. The molecule has 0 spiro atoms. The monoisotopic (exact) mass is 734 g/mol. The summed E-state index contributed by atoms with van der Waals surface area (Å²) < 4.78 is 6.36. The van der Waals surface area contributed by atoms with E-state index in [0.717, 1.165) is 61.2 Å². The van der Waals surface area contributed by atoms with Gasteiger partial charge in [0, 0.05) is 30.5 Å². The smallest absolute Gasteiger partial charge is 0.405 e. The number of phenolic OH excluding ortho intramolecular Hbond substituents is 1. The number of hydrogen-bond acceptors (Lipinski definition) is 8. The van der Waals surface area contributed by atoms with Crippen LogP contribution in [0.25, 0.3) is 10.9 Å². The Morgan fingerprint density at radius 3 is 2.39 bits per heavy atom. The van der Waals surface area contributed by atoms with Gasteiger partial charge in [-0.25, -0.2) is 4.79 Å². The van der Waals surface area contributed by atoms with Crippen LogP contribution >= 0.6 is 0 Å². The quantitative estimate of drug-likeness (QED) is 0.0624. The van der Waals surface area contributed by atoms with Crippen LogP contribution in [0.1, 0.15) is 46.8 Å². The first kappa shape index (κ1) is 38.0. The van der Waals surface area contributed by atoms with Gasteiger partial charge in [-0.15, -0.1) is 0 Å². The fraction of sp³-hybridized carbons (Fsp3) is 0.310. The first-order valence-corrected chi connectivity index (χ1v) is 18.1. The summed E-state index contributed by atoms with van der Waals surface area (Å²) in [6.45, 7) is 3.99. The molecule has 3 atom stereocenters. The average Bonchev–Trinajstić information content (AvgIpc) is 3.19. The number of pyridine rings is 1. The molecule has 2 bridgehead atoms. The highest BCUT2D eigenvalue weighted by molar-refractivity contribution is 5.87. The zero-order valence-electron chi connectivity index (χ0n) is 29.9. The van der Waals surface area contributed by atoms with Crippen LogP contribution in [0, 0.1) is 11.8 Å². The number of rotatable bonds is 13. The van der Waals surface area contributed by atoms with Gasteiger partial charge in [-0.2, -0.15) is 0 Å². The van der Waals surface area contributed by atoms with E-state index >= 15 is 0 Å². The van der Waals surface area contributed by atoms with Crippen LogP contribution in [0.15, 0.2) is 108 Å². The van der Waals surface area contributed by atoms with Gasteiger partial charge in [0.1, 0.15) is 18.1 Å². The molecular formula is C42H46N4O8. The topological polar surface area (TPSA) is 184 Å². The van der Waals surface area contributed by atoms with Gasteiger partial charge in [-0.05, 0) is 96.9 Å². The number of piperidine rings is 3. The third-order valence-corrected chi connectivity index (χ3v) is 10.6. The number of nitrogens with zero attached hydrogens (tertiary/aromatic N) is 1. The third kappa shape index (κ3) is 8.57. The van der Waals surface area contributed by atoms with Crippen LogP contribution in [-0.2, 0) is 23.4 Å². The number of aromatic hydroxyl groups is 1. The minimum Gasteiger partial charge on any atom is -0.506 e. The number of H-pyrrole nitrogens is 1. The molecular weight excluding hydrogens is 688 g/mol. The summed E-state index contributed by atoms with van der Waals surface area (Å²) in [7, 11) is 0. The second-order valence-corrected chi connectivity index (χ2v) is 13.8. The molecule has 54 heavy (non-hydrogen) atoms. The zero-order chi connectivity index (χ0) is 38.1. The molecule has 0 radical (unpaired) electrons. The number of hydrogen-bond donors (Lipinski definition) is 7. The first-order valence-electron chi connectivity index (χ1n) is 18.1. The minimum atomic E-state index is -1.05. The Bertz CT molecular complexity index is 2100. The maximum Gasteiger partial charge on any atom is 0.405 e. The molecule has 12 heteroatoms. The molecule has 3 fully saturated rings. The third-order valence-electron chi connectivity index (χ3n) is 10.6. The molecule has 0 saturated carbocycles. The standard InChI is InChI=1S/C41H44N4O6.CH2O2/c46-36-14-12-33(34-13-15-38(48)43-39(34)36)37(47)24-42-19-16-27-6-4-7-28(22-27)26-51-32-11-5-10-31(23-32)41(44-40(49)50,30-8-2-1-3-9-30)35-25-45-20-17-29(35)18-21-45;2-1-3/h1-15,22-23,29,35,37,42,44,46-47H,16-21,24-26H2,(H,43,48)(H,49,50);1H,(H,2,3). The predicted octanol–water partition coefficient (Wildman–Crippen LogP) is 5.23. The molecule has 0 aliphatic carbocycles. The number of benzene rings is 4. The van der Waals surface area contributed by atoms with E-state index in [1.165, 1.54) is 12.1 Å². The molecule has 1 aromatic heterocycles. The Hall–Kier alpha value is -5.69. The summed E-state index contributed by atoms with van der Waals surface area (Å²) in [6.07, 6.45) is 0.976. The number of ether oxygens (including phenoxy) is 1. The summed E-state index contributed by atoms with van der Waals surface area (Å²) in [4.78, 5) is 37.7. The number of aliphatic hydroxyl groups excluding tert-OH is 1. The lowest BCUT2D eigenvalue weighted by Gasteiger charge is -2.53. The fourth-order valence-corrected chi connectivity index (χ4v) is 8.16. The van der Waals surface area contributed by atoms with Gasteiger partial charge in [0.15, 0.2) is 0 Å². The lowest BCUT2D eigenvalue weighted by Crippen LogP contribution is -2.61. The predicted molar refractivity (Wildman–Crippen MR) is 205 cm³/mol. The van der Waals surface area contributed by atoms with Gasteiger partial charge >= 0.3 is 6.09 Å². The van der Waals surface area contributed by atoms with Crippen molar-refractivity contribution in [1.82, 2.24) is 20.5 Å². The number of fused-ring (bicyclic) bond motifs is 4. The number of aromatic nitrogens is 1. The molecule has 12 nitrogen and oxygen atoms in total. The van der Waals surface area contributed by atoms with Crippen molar-refractivity contribution in [3.05, 3.63) is 141 Å². The van der Waals surface area contributed by atoms with Gasteiger partial charge < -0.3 is 45.7 Å². The number of carboxylic acid groups (broad SMARTS) is 2. The Balaban J connectivity index is 0.00000160. The van der Waals surface area contributed by atoms with Crippen molar-refractivity contribution in [2.75, 3.05) is 32.7 Å². The van der Waals surface area contributed by atoms with Crippen LogP contribution in [0.4, 0.5) is 4.79 Å². The van der Waals surface area contributed by atoms with Gasteiger partial charge in [-0.1, -0.05) is 72.8 Å². The molecule has 282 valence electrons. The maximum absolute atomic E-state index is 12.5. The Kier molecular flexibility index (Phi) is 12.3. The zero-order valence-corrected chi connectivity index (χ0v) is 29.9. The van der Waals surface area contributed by atoms with E-state index in [4.69, 9.17) is 14.6 Å². The molecule has 3 aliphatic heterocycles. The number of nitrogens with one attached hydrogen (secondary N) is 3. The Labute approximate surface area is 313 Å². The number of amides is 1. The van der Waals surface area contributed by atoms with E-state index in [2.05, 4.69) is 32.7 Å². The van der Waals surface area contributed by atoms with Crippen molar-refractivity contribution >= 4 is 23.5 Å². The summed E-state index contributed by atoms with van der Waals surface area (Å²) in [5.41, 5.74) is 3.64. The van der Waals surface area contributed by atoms with Crippen molar-refractivity contribution in [3.63, 3.8) is 0 Å². The van der Waals surface area contributed by atoms with Crippen LogP contribution in [0.2, 0.25) is 0 Å². The summed E-state index contributed by atoms with van der Waals surface area (Å²) in [5.74, 6) is 1.12. The highest BCUT2D eigenvalue weighted by atomic mass is 16.5. The van der Waals surface area contributed by atoms with Crippen molar-refractivity contribution < 1.29 is 34.8 Å². The van der Waals surface area contributed by atoms with Gasteiger partial charge in [-0.3, -0.25) is 9.59 Å². The average molecular weight is 735 g/mol. The van der Waals surface area contributed by atoms with Crippen LogP contribution in [0.5, 0.6) is 11.5 Å². The number of aromatic amines is 1. The molecule has 3 unspecified atom stereocenters. The van der Waals surface area contributed by atoms with E-state index < -0.39 is 17.7 Å². The molecule has 3 aliphatic rings. The van der Waals surface area contributed by atoms with Crippen molar-refractivity contribution in [1.29, 1.82) is 0 Å². The van der Waals surface area contributed by atoms with Gasteiger partial charge in [0.2, 0.25) is 5.56 Å². The van der Waals surface area contributed by atoms with E-state index in [0.29, 0.717) is 47.8 Å². The lowest BCUT2D eigenvalue weighted by molar-refractivity contribution is -0.122. The van der Waals surface area contributed by atoms with E-state index in [-0.39, 0.29) is 23.7 Å². The highest BCUT2D eigenvalue weighted by Gasteiger charge is 2.50. The first-order chi connectivity index (χ1) is 26.2. The van der Waals surface area contributed by atoms with Gasteiger partial charge in [0.25, 0.3) is 6.47 Å². The molecule has 4 heterocycles. The SMILES string of the molecule is O=C(O)NC(c1ccccc1)(c1cccc(OCc2cccc(CCNCC(O)c3ccc(O)c4[nH]c(=O)ccc34)c2)c1)C1CN2CCC1CC2.O=CO. The summed E-state index contributed by atoms with van der Waals surface area (Å²) in [5, 5.41) is 45.1. The van der Waals surface area contributed by atoms with Crippen molar-refractivity contribution in [2.24, 2.45) is 11.8 Å². The molecule has 4 aromatic carbocycles. The van der Waals surface area contributed by atoms with Crippen molar-refractivity contribution in [2.45, 2.75) is 37.5 Å². The number of carbonyl (C=O) groups is 2. The normalized spacial score (nSPS) is 19.2. The molecule has 7 N–H and O–H groups in total. The molecule has 8 rings (SSSR count). The Morgan fingerprint density at radius 1 is 0.944 bits per heavy atom. The van der Waals surface area contributed by atoms with Gasteiger partial charge in [0.05, 0.1) is 17.2 Å². The van der Waals surface area contributed by atoms with Crippen molar-refractivity contribution in [3.8, 4) is 11.5 Å². The maximum atomic E-state index is 12.5. The van der Waals surface area contributed by atoms with Crippen LogP contribution in [0.3, 0.4) is 0 Å². The minimum absolute atomic E-state index is 0.0388. The summed E-state index contributed by atoms with van der Waals surface area (Å²) >= 11 is 0.